The average molecular weight is 307 g/mol. The van der Waals surface area contributed by atoms with Gasteiger partial charge in [-0.2, -0.15) is 5.10 Å². The number of aromatic nitrogens is 2. The molecule has 21 heavy (non-hydrogen) atoms. The molecule has 0 saturated carbocycles. The Bertz CT molecular complexity index is 561. The number of hydrogen-bond acceptors (Lipinski definition) is 5. The van der Waals surface area contributed by atoms with Gasteiger partial charge < -0.3 is 16.4 Å². The molecule has 7 heteroatoms. The van der Waals surface area contributed by atoms with Gasteiger partial charge in [-0.3, -0.25) is 4.79 Å². The molecule has 0 radical (unpaired) electrons. The monoisotopic (exact) mass is 307 g/mol. The molecule has 114 valence electrons. The van der Waals surface area contributed by atoms with Gasteiger partial charge in [0.1, 0.15) is 11.0 Å². The molecule has 1 aromatic rings. The Morgan fingerprint density at radius 1 is 1.43 bits per heavy atom. The maximum absolute atomic E-state index is 11.9. The molecule has 1 aliphatic rings. The maximum Gasteiger partial charge on any atom is 0.242 e. The number of carbonyl (C=O) groups excluding carboxylic acids is 1. The van der Waals surface area contributed by atoms with Gasteiger partial charge in [0.15, 0.2) is 5.82 Å². The van der Waals surface area contributed by atoms with Gasteiger partial charge in [0.25, 0.3) is 0 Å². The molecule has 0 bridgehead atoms. The van der Waals surface area contributed by atoms with Crippen molar-refractivity contribution < 1.29 is 4.79 Å². The molecule has 0 spiro atoms. The standard InChI is InChI=1S/C14H21N5OS/c1-3-8-9(4-2)18-19-13(11(8)12(15)21)17-10-6-5-7-16-14(10)20/h10H,3-7H2,1-2H3,(H2,15,21)(H,16,20)(H,17,19). The number of rotatable bonds is 5. The lowest BCUT2D eigenvalue weighted by Crippen LogP contribution is -2.45. The zero-order valence-electron chi connectivity index (χ0n) is 12.4. The number of thiocarbonyl (C=S) groups is 1. The lowest BCUT2D eigenvalue weighted by molar-refractivity contribution is -0.123. The van der Waals surface area contributed by atoms with Crippen LogP contribution in [0.25, 0.3) is 0 Å². The third kappa shape index (κ3) is 3.29. The summed E-state index contributed by atoms with van der Waals surface area (Å²) in [6.07, 6.45) is 3.25. The van der Waals surface area contributed by atoms with Crippen molar-refractivity contribution in [1.29, 1.82) is 0 Å². The molecule has 1 fully saturated rings. The van der Waals surface area contributed by atoms with E-state index in [0.29, 0.717) is 5.82 Å². The summed E-state index contributed by atoms with van der Waals surface area (Å²) < 4.78 is 0. The summed E-state index contributed by atoms with van der Waals surface area (Å²) in [6.45, 7) is 4.78. The van der Waals surface area contributed by atoms with Crippen molar-refractivity contribution in [1.82, 2.24) is 15.5 Å². The van der Waals surface area contributed by atoms with Gasteiger partial charge in [0.05, 0.1) is 11.3 Å². The highest BCUT2D eigenvalue weighted by atomic mass is 32.1. The largest absolute Gasteiger partial charge is 0.389 e. The third-order valence-electron chi connectivity index (χ3n) is 3.69. The van der Waals surface area contributed by atoms with Crippen LogP contribution in [0.1, 0.15) is 43.5 Å². The van der Waals surface area contributed by atoms with Gasteiger partial charge in [0, 0.05) is 6.54 Å². The van der Waals surface area contributed by atoms with Crippen LogP contribution in [-0.4, -0.2) is 33.7 Å². The van der Waals surface area contributed by atoms with Gasteiger partial charge in [-0.25, -0.2) is 0 Å². The number of nitrogens with zero attached hydrogens (tertiary/aromatic N) is 2. The fourth-order valence-corrected chi connectivity index (χ4v) is 2.83. The molecule has 2 rings (SSSR count). The van der Waals surface area contributed by atoms with Gasteiger partial charge >= 0.3 is 0 Å². The molecule has 1 saturated heterocycles. The molecular formula is C14H21N5OS. The van der Waals surface area contributed by atoms with Gasteiger partial charge in [-0.15, -0.1) is 5.10 Å². The van der Waals surface area contributed by atoms with Crippen molar-refractivity contribution in [3.63, 3.8) is 0 Å². The molecule has 0 aromatic carbocycles. The highest BCUT2D eigenvalue weighted by Crippen LogP contribution is 2.22. The van der Waals surface area contributed by atoms with E-state index in [-0.39, 0.29) is 16.9 Å². The van der Waals surface area contributed by atoms with Crippen LogP contribution in [-0.2, 0) is 17.6 Å². The first-order valence-corrected chi connectivity index (χ1v) is 7.71. The highest BCUT2D eigenvalue weighted by molar-refractivity contribution is 7.80. The number of piperidine rings is 1. The van der Waals surface area contributed by atoms with E-state index in [9.17, 15) is 4.79 Å². The number of aryl methyl sites for hydroxylation is 1. The van der Waals surface area contributed by atoms with Crippen LogP contribution < -0.4 is 16.4 Å². The number of amides is 1. The van der Waals surface area contributed by atoms with Crippen LogP contribution in [0, 0.1) is 0 Å². The zero-order valence-corrected chi connectivity index (χ0v) is 13.2. The van der Waals surface area contributed by atoms with Crippen LogP contribution >= 0.6 is 12.2 Å². The SMILES string of the molecule is CCc1nnc(NC2CCCNC2=O)c(C(N)=S)c1CC. The maximum atomic E-state index is 11.9. The molecule has 1 aromatic heterocycles. The van der Waals surface area contributed by atoms with Crippen molar-refractivity contribution in [3.05, 3.63) is 16.8 Å². The Morgan fingerprint density at radius 2 is 2.19 bits per heavy atom. The van der Waals surface area contributed by atoms with Gasteiger partial charge in [0.2, 0.25) is 5.91 Å². The lowest BCUT2D eigenvalue weighted by Gasteiger charge is -2.24. The molecule has 1 atom stereocenters. The quantitative estimate of drug-likeness (QED) is 0.701. The first-order chi connectivity index (χ1) is 10.1. The third-order valence-corrected chi connectivity index (χ3v) is 3.89. The van der Waals surface area contributed by atoms with Crippen molar-refractivity contribution >= 4 is 28.9 Å². The number of carbonyl (C=O) groups is 1. The normalized spacial score (nSPS) is 18.2. The van der Waals surface area contributed by atoms with E-state index in [1.165, 1.54) is 0 Å². The average Bonchev–Trinajstić information content (AvgIpc) is 2.48. The number of nitrogens with one attached hydrogen (secondary N) is 2. The Labute approximate surface area is 129 Å². The minimum atomic E-state index is -0.307. The van der Waals surface area contributed by atoms with Gasteiger partial charge in [-0.05, 0) is 31.2 Å². The molecule has 2 heterocycles. The van der Waals surface area contributed by atoms with Crippen molar-refractivity contribution in [2.24, 2.45) is 5.73 Å². The topological polar surface area (TPSA) is 92.9 Å². The molecule has 1 amide bonds. The van der Waals surface area contributed by atoms with Crippen LogP contribution in [0.5, 0.6) is 0 Å². The Hall–Kier alpha value is -1.76. The van der Waals surface area contributed by atoms with Crippen LogP contribution in [0.15, 0.2) is 0 Å². The molecular weight excluding hydrogens is 286 g/mol. The van der Waals surface area contributed by atoms with Crippen molar-refractivity contribution in [3.8, 4) is 0 Å². The fourth-order valence-electron chi connectivity index (χ4n) is 2.61. The Balaban J connectivity index is 2.38. The second-order valence-corrected chi connectivity index (χ2v) is 5.49. The molecule has 6 nitrogen and oxygen atoms in total. The summed E-state index contributed by atoms with van der Waals surface area (Å²) in [5.74, 6) is 0.494. The molecule has 4 N–H and O–H groups in total. The Morgan fingerprint density at radius 3 is 2.76 bits per heavy atom. The second-order valence-electron chi connectivity index (χ2n) is 5.05. The van der Waals surface area contributed by atoms with E-state index in [4.69, 9.17) is 18.0 Å². The smallest absolute Gasteiger partial charge is 0.242 e. The predicted molar refractivity (Wildman–Crippen MR) is 86.3 cm³/mol. The molecule has 1 aliphatic heterocycles. The van der Waals surface area contributed by atoms with E-state index < -0.39 is 0 Å². The van der Waals surface area contributed by atoms with Crippen LogP contribution in [0.3, 0.4) is 0 Å². The number of hydrogen-bond donors (Lipinski definition) is 3. The Kier molecular flexibility index (Phi) is 5.06. The van der Waals surface area contributed by atoms with E-state index in [1.54, 1.807) is 0 Å². The second kappa shape index (κ2) is 6.80. The fraction of sp³-hybridized carbons (Fsp3) is 0.571. The van der Waals surface area contributed by atoms with Gasteiger partial charge in [-0.1, -0.05) is 26.1 Å². The predicted octanol–water partition coefficient (Wildman–Crippen LogP) is 0.926. The molecule has 0 aliphatic carbocycles. The summed E-state index contributed by atoms with van der Waals surface area (Å²) in [5.41, 5.74) is 8.51. The highest BCUT2D eigenvalue weighted by Gasteiger charge is 2.25. The minimum absolute atomic E-state index is 0.0189. The first-order valence-electron chi connectivity index (χ1n) is 7.30. The zero-order chi connectivity index (χ0) is 15.4. The first kappa shape index (κ1) is 15.6. The summed E-state index contributed by atoms with van der Waals surface area (Å²) >= 11 is 5.18. The van der Waals surface area contributed by atoms with E-state index in [0.717, 1.165) is 49.0 Å². The molecule has 1 unspecified atom stereocenters. The summed E-state index contributed by atoms with van der Waals surface area (Å²) in [6, 6.07) is -0.307. The summed E-state index contributed by atoms with van der Waals surface area (Å²) in [7, 11) is 0. The van der Waals surface area contributed by atoms with E-state index in [2.05, 4.69) is 20.8 Å². The van der Waals surface area contributed by atoms with Crippen molar-refractivity contribution in [2.45, 2.75) is 45.6 Å². The summed E-state index contributed by atoms with van der Waals surface area (Å²) in [5, 5.41) is 14.4. The van der Waals surface area contributed by atoms with Crippen LogP contribution in [0.4, 0.5) is 5.82 Å². The van der Waals surface area contributed by atoms with Crippen LogP contribution in [0.2, 0.25) is 0 Å². The lowest BCUT2D eigenvalue weighted by atomic mass is 10.0. The number of anilines is 1. The van der Waals surface area contributed by atoms with Crippen molar-refractivity contribution in [2.75, 3.05) is 11.9 Å². The minimum Gasteiger partial charge on any atom is -0.389 e. The summed E-state index contributed by atoms with van der Waals surface area (Å²) in [4.78, 5) is 12.2. The van der Waals surface area contributed by atoms with E-state index in [1.807, 2.05) is 13.8 Å². The number of nitrogens with two attached hydrogens (primary N) is 1. The van der Waals surface area contributed by atoms with E-state index >= 15 is 0 Å².